The first-order valence-corrected chi connectivity index (χ1v) is 5.49. The summed E-state index contributed by atoms with van der Waals surface area (Å²) < 4.78 is 0.277. The zero-order valence-electron chi connectivity index (χ0n) is 8.89. The van der Waals surface area contributed by atoms with E-state index in [1.807, 2.05) is 0 Å². The van der Waals surface area contributed by atoms with Gasteiger partial charge >= 0.3 is 5.97 Å². The highest BCUT2D eigenvalue weighted by Crippen LogP contribution is 2.29. The zero-order chi connectivity index (χ0) is 12.7. The molecular formula is C8H13N3O3S2. The van der Waals surface area contributed by atoms with Gasteiger partial charge < -0.3 is 16.2 Å². The number of carboxylic acid groups (broad SMARTS) is 1. The van der Waals surface area contributed by atoms with Crippen molar-refractivity contribution < 1.29 is 14.7 Å². The third-order valence-corrected chi connectivity index (χ3v) is 2.82. The second kappa shape index (κ2) is 7.20. The molecule has 1 saturated heterocycles. The fraction of sp³-hybridized carbons (Fsp3) is 0.375. The maximum Gasteiger partial charge on any atom is 0.323 e. The molecule has 0 spiro atoms. The summed E-state index contributed by atoms with van der Waals surface area (Å²) in [4.78, 5) is 23.4. The van der Waals surface area contributed by atoms with Gasteiger partial charge in [-0.05, 0) is 7.05 Å². The molecule has 1 aliphatic heterocycles. The summed E-state index contributed by atoms with van der Waals surface area (Å²) >= 11 is 5.95. The van der Waals surface area contributed by atoms with Crippen LogP contribution in [0.25, 0.3) is 0 Å². The van der Waals surface area contributed by atoms with E-state index in [9.17, 15) is 9.59 Å². The van der Waals surface area contributed by atoms with E-state index in [2.05, 4.69) is 11.1 Å². The number of thioether (sulfide) groups is 1. The van der Waals surface area contributed by atoms with Crippen LogP contribution < -0.4 is 11.1 Å². The van der Waals surface area contributed by atoms with Gasteiger partial charge in [0.25, 0.3) is 5.91 Å². The first-order chi connectivity index (χ1) is 7.56. The third-order valence-electron chi connectivity index (χ3n) is 1.44. The Hall–Kier alpha value is -1.12. The van der Waals surface area contributed by atoms with Crippen molar-refractivity contribution in [1.29, 1.82) is 0 Å². The van der Waals surface area contributed by atoms with E-state index in [0.717, 1.165) is 16.7 Å². The van der Waals surface area contributed by atoms with E-state index >= 15 is 0 Å². The van der Waals surface area contributed by atoms with Crippen molar-refractivity contribution in [2.45, 2.75) is 0 Å². The summed E-state index contributed by atoms with van der Waals surface area (Å²) in [5.41, 5.74) is 4.50. The molecule has 0 saturated carbocycles. The molecular weight excluding hydrogens is 250 g/mol. The fourth-order valence-corrected chi connectivity index (χ4v) is 2.14. The van der Waals surface area contributed by atoms with Crippen LogP contribution in [0.4, 0.5) is 0 Å². The predicted octanol–water partition coefficient (Wildman–Crippen LogP) is -0.433. The lowest BCUT2D eigenvalue weighted by Crippen LogP contribution is -2.33. The van der Waals surface area contributed by atoms with E-state index < -0.39 is 5.97 Å². The maximum absolute atomic E-state index is 11.5. The highest BCUT2D eigenvalue weighted by molar-refractivity contribution is 8.26. The molecule has 1 amide bonds. The number of carboxylic acids is 1. The van der Waals surface area contributed by atoms with Crippen LogP contribution >= 0.6 is 24.0 Å². The summed E-state index contributed by atoms with van der Waals surface area (Å²) in [5, 5.41) is 11.2. The Kier molecular flexibility index (Phi) is 6.70. The zero-order valence-corrected chi connectivity index (χ0v) is 10.5. The van der Waals surface area contributed by atoms with Crippen LogP contribution in [0, 0.1) is 0 Å². The quantitative estimate of drug-likeness (QED) is 0.469. The fourth-order valence-electron chi connectivity index (χ4n) is 0.903. The molecule has 0 atom stereocenters. The summed E-state index contributed by atoms with van der Waals surface area (Å²) in [5.74, 6) is -1.44. The summed E-state index contributed by atoms with van der Waals surface area (Å²) in [7, 11) is 3.16. The molecule has 0 unspecified atom stereocenters. The van der Waals surface area contributed by atoms with Crippen molar-refractivity contribution in [1.82, 2.24) is 10.2 Å². The molecule has 0 aromatic heterocycles. The average molecular weight is 263 g/mol. The molecule has 8 heteroatoms. The lowest BCUT2D eigenvalue weighted by Gasteiger charge is -2.09. The number of aliphatic carboxylic acids is 1. The third kappa shape index (κ3) is 3.80. The van der Waals surface area contributed by atoms with E-state index in [-0.39, 0.29) is 16.8 Å². The lowest BCUT2D eigenvalue weighted by molar-refractivity contribution is -0.140. The monoisotopic (exact) mass is 263 g/mol. The van der Waals surface area contributed by atoms with Crippen LogP contribution in [-0.4, -0.2) is 46.8 Å². The number of hydrogen-bond donors (Lipinski definition) is 3. The van der Waals surface area contributed by atoms with E-state index in [1.54, 1.807) is 7.05 Å². The van der Waals surface area contributed by atoms with Crippen molar-refractivity contribution in [2.24, 2.45) is 5.73 Å². The Labute approximate surface area is 103 Å². The molecule has 16 heavy (non-hydrogen) atoms. The number of nitrogens with zero attached hydrogens (tertiary/aromatic N) is 1. The predicted molar refractivity (Wildman–Crippen MR) is 66.8 cm³/mol. The van der Waals surface area contributed by atoms with Gasteiger partial charge in [-0.3, -0.25) is 14.5 Å². The van der Waals surface area contributed by atoms with Crippen molar-refractivity contribution in [2.75, 3.05) is 20.6 Å². The van der Waals surface area contributed by atoms with Crippen LogP contribution in [-0.2, 0) is 9.59 Å². The van der Waals surface area contributed by atoms with Gasteiger partial charge in [-0.2, -0.15) is 0 Å². The molecule has 0 radical (unpaired) electrons. The number of thiocarbonyl (C=S) groups is 1. The Morgan fingerprint density at radius 2 is 2.25 bits per heavy atom. The molecule has 1 rings (SSSR count). The number of rotatable bonds is 3. The van der Waals surface area contributed by atoms with E-state index in [1.165, 1.54) is 13.2 Å². The molecule has 0 bridgehead atoms. The largest absolute Gasteiger partial charge is 0.480 e. The lowest BCUT2D eigenvalue weighted by atomic mass is 10.4. The van der Waals surface area contributed by atoms with Crippen molar-refractivity contribution in [3.05, 3.63) is 11.1 Å². The van der Waals surface area contributed by atoms with E-state index in [0.29, 0.717) is 4.91 Å². The highest BCUT2D eigenvalue weighted by atomic mass is 32.2. The summed E-state index contributed by atoms with van der Waals surface area (Å²) in [6.07, 6.45) is 1.50. The molecule has 90 valence electrons. The molecule has 4 N–H and O–H groups in total. The smallest absolute Gasteiger partial charge is 0.323 e. The van der Waals surface area contributed by atoms with Crippen LogP contribution in [0.5, 0.6) is 0 Å². The Morgan fingerprint density at radius 1 is 1.69 bits per heavy atom. The minimum absolute atomic E-state index is 0.277. The first-order valence-electron chi connectivity index (χ1n) is 4.27. The van der Waals surface area contributed by atoms with Crippen molar-refractivity contribution in [3.8, 4) is 0 Å². The normalized spacial score (nSPS) is 17.2. The number of carbonyl (C=O) groups excluding carboxylic acids is 1. The van der Waals surface area contributed by atoms with Gasteiger partial charge in [0.15, 0.2) is 0 Å². The molecule has 6 nitrogen and oxygen atoms in total. The molecule has 0 aromatic carbocycles. The summed E-state index contributed by atoms with van der Waals surface area (Å²) in [6.45, 7) is -0.383. The van der Waals surface area contributed by atoms with Gasteiger partial charge in [0, 0.05) is 13.2 Å². The van der Waals surface area contributed by atoms with E-state index in [4.69, 9.17) is 17.3 Å². The van der Waals surface area contributed by atoms with Crippen molar-refractivity contribution in [3.63, 3.8) is 0 Å². The minimum atomic E-state index is -1.08. The number of hydrogen-bond acceptors (Lipinski definition) is 6. The standard InChI is InChI=1S/C7H8N2O3S2.CH5N/c1-8-2-4-6(12)9(3-5(10)11)7(13)14-4;1-2/h2,8H,3H2,1H3,(H,10,11);2H2,1H3/b4-2+;. The topological polar surface area (TPSA) is 95.7 Å². The molecule has 1 heterocycles. The maximum atomic E-state index is 11.5. The second-order valence-electron chi connectivity index (χ2n) is 2.45. The van der Waals surface area contributed by atoms with Crippen LogP contribution in [0.2, 0.25) is 0 Å². The highest BCUT2D eigenvalue weighted by Gasteiger charge is 2.33. The van der Waals surface area contributed by atoms with Gasteiger partial charge in [0.1, 0.15) is 10.9 Å². The van der Waals surface area contributed by atoms with Gasteiger partial charge in [-0.25, -0.2) is 0 Å². The molecule has 0 aliphatic carbocycles. The molecule has 1 aliphatic rings. The SMILES string of the molecule is CN.CN/C=C1/SC(=S)N(CC(=O)O)C1=O. The summed E-state index contributed by atoms with van der Waals surface area (Å²) in [6, 6.07) is 0. The number of nitrogens with two attached hydrogens (primary N) is 1. The van der Waals surface area contributed by atoms with Gasteiger partial charge in [0.2, 0.25) is 0 Å². The Bertz CT molecular complexity index is 330. The number of amides is 1. The van der Waals surface area contributed by atoms with Gasteiger partial charge in [-0.15, -0.1) is 0 Å². The van der Waals surface area contributed by atoms with Gasteiger partial charge in [-0.1, -0.05) is 24.0 Å². The van der Waals surface area contributed by atoms with Gasteiger partial charge in [0.05, 0.1) is 4.91 Å². The first kappa shape index (κ1) is 14.9. The minimum Gasteiger partial charge on any atom is -0.480 e. The molecule has 1 fully saturated rings. The Morgan fingerprint density at radius 3 is 2.69 bits per heavy atom. The number of carbonyl (C=O) groups is 2. The number of nitrogens with one attached hydrogen (secondary N) is 1. The van der Waals surface area contributed by atoms with Crippen LogP contribution in [0.15, 0.2) is 11.1 Å². The van der Waals surface area contributed by atoms with Crippen LogP contribution in [0.1, 0.15) is 0 Å². The molecule has 0 aromatic rings. The Balaban J connectivity index is 0.00000106. The van der Waals surface area contributed by atoms with Crippen LogP contribution in [0.3, 0.4) is 0 Å². The van der Waals surface area contributed by atoms with Crippen molar-refractivity contribution >= 4 is 40.2 Å². The second-order valence-corrected chi connectivity index (χ2v) is 4.13. The average Bonchev–Trinajstić information content (AvgIpc) is 2.49.